The van der Waals surface area contributed by atoms with Crippen LogP contribution < -0.4 is 0 Å². The summed E-state index contributed by atoms with van der Waals surface area (Å²) < 4.78 is 16.0. The number of fused-ring (bicyclic) bond motifs is 1. The predicted molar refractivity (Wildman–Crippen MR) is 117 cm³/mol. The zero-order chi connectivity index (χ0) is 22.8. The first kappa shape index (κ1) is 20.7. The smallest absolute Gasteiger partial charge is 0.329 e. The lowest BCUT2D eigenvalue weighted by Gasteiger charge is -2.34. The third-order valence-electron chi connectivity index (χ3n) is 5.63. The quantitative estimate of drug-likeness (QED) is 0.431. The van der Waals surface area contributed by atoms with Gasteiger partial charge in [-0.1, -0.05) is 59.3 Å². The molecule has 0 saturated heterocycles. The van der Waals surface area contributed by atoms with Gasteiger partial charge in [-0.25, -0.2) is 4.79 Å². The van der Waals surface area contributed by atoms with Gasteiger partial charge in [0.25, 0.3) is 11.8 Å². The van der Waals surface area contributed by atoms with Crippen LogP contribution in [-0.2, 0) is 29.1 Å². The lowest BCUT2D eigenvalue weighted by molar-refractivity contribution is -0.151. The fourth-order valence-corrected chi connectivity index (χ4v) is 3.85. The number of esters is 1. The minimum atomic E-state index is -0.794. The van der Waals surface area contributed by atoms with Crippen molar-refractivity contribution in [3.05, 3.63) is 95.3 Å². The highest BCUT2D eigenvalue weighted by Gasteiger charge is 2.37. The van der Waals surface area contributed by atoms with Crippen LogP contribution in [0.25, 0.3) is 11.4 Å². The number of hydrogen-bond donors (Lipinski definition) is 0. The van der Waals surface area contributed by atoms with Crippen LogP contribution in [-0.4, -0.2) is 33.0 Å². The molecule has 1 aliphatic rings. The molecule has 0 spiro atoms. The molecule has 0 fully saturated rings. The monoisotopic (exact) mass is 443 g/mol. The van der Waals surface area contributed by atoms with Gasteiger partial charge in [-0.3, -0.25) is 4.79 Å². The summed E-state index contributed by atoms with van der Waals surface area (Å²) in [5.74, 6) is -0.136. The number of nitrogens with zero attached hydrogens (tertiary/aromatic N) is 3. The highest BCUT2D eigenvalue weighted by molar-refractivity contribution is 5.95. The Morgan fingerprint density at radius 3 is 2.61 bits per heavy atom. The molecule has 1 unspecified atom stereocenters. The normalized spacial score (nSPS) is 15.2. The highest BCUT2D eigenvalue weighted by atomic mass is 16.6. The molecular weight excluding hydrogens is 422 g/mol. The van der Waals surface area contributed by atoms with Gasteiger partial charge in [0.1, 0.15) is 6.04 Å². The van der Waals surface area contributed by atoms with Gasteiger partial charge in [-0.2, -0.15) is 4.98 Å². The van der Waals surface area contributed by atoms with Gasteiger partial charge in [0.15, 0.2) is 12.4 Å². The van der Waals surface area contributed by atoms with Gasteiger partial charge in [-0.15, -0.1) is 0 Å². The SMILES string of the molecule is Cc1ccc(-c2noc(COC(=O)C3Cc4ccccc4CN3C(=O)c3ccco3)n2)cc1. The zero-order valence-corrected chi connectivity index (χ0v) is 17.9. The van der Waals surface area contributed by atoms with E-state index in [4.69, 9.17) is 13.7 Å². The molecule has 8 heteroatoms. The van der Waals surface area contributed by atoms with E-state index < -0.39 is 12.0 Å². The minimum absolute atomic E-state index is 0.173. The summed E-state index contributed by atoms with van der Waals surface area (Å²) in [6.07, 6.45) is 1.78. The molecule has 2 aromatic heterocycles. The largest absolute Gasteiger partial charge is 0.459 e. The van der Waals surface area contributed by atoms with Gasteiger partial charge in [-0.05, 0) is 30.2 Å². The predicted octanol–water partition coefficient (Wildman–Crippen LogP) is 3.95. The van der Waals surface area contributed by atoms with E-state index in [0.717, 1.165) is 22.3 Å². The van der Waals surface area contributed by atoms with E-state index in [1.165, 1.54) is 11.2 Å². The Labute approximate surface area is 189 Å². The van der Waals surface area contributed by atoms with Crippen molar-refractivity contribution in [2.45, 2.75) is 32.5 Å². The first-order chi connectivity index (χ1) is 16.1. The molecule has 5 rings (SSSR count). The van der Waals surface area contributed by atoms with E-state index in [2.05, 4.69) is 10.1 Å². The Balaban J connectivity index is 1.32. The van der Waals surface area contributed by atoms with Crippen LogP contribution in [0.1, 0.15) is 33.1 Å². The van der Waals surface area contributed by atoms with Gasteiger partial charge >= 0.3 is 5.97 Å². The summed E-state index contributed by atoms with van der Waals surface area (Å²) in [4.78, 5) is 31.9. The Kier molecular flexibility index (Phi) is 5.48. The van der Waals surface area contributed by atoms with Crippen molar-refractivity contribution in [3.63, 3.8) is 0 Å². The maximum absolute atomic E-state index is 13.0. The Morgan fingerprint density at radius 1 is 1.06 bits per heavy atom. The fraction of sp³-hybridized carbons (Fsp3) is 0.200. The Bertz CT molecular complexity index is 1280. The third-order valence-corrected chi connectivity index (χ3v) is 5.63. The molecule has 0 bridgehead atoms. The zero-order valence-electron chi connectivity index (χ0n) is 17.9. The van der Waals surface area contributed by atoms with E-state index in [1.54, 1.807) is 12.1 Å². The maximum Gasteiger partial charge on any atom is 0.329 e. The number of benzene rings is 2. The molecular formula is C25H21N3O5. The van der Waals surface area contributed by atoms with E-state index in [1.807, 2.05) is 55.5 Å². The molecule has 1 atom stereocenters. The number of amides is 1. The lowest BCUT2D eigenvalue weighted by Crippen LogP contribution is -2.49. The van der Waals surface area contributed by atoms with Gasteiger partial charge in [0.05, 0.1) is 6.26 Å². The Hall–Kier alpha value is -4.20. The van der Waals surface area contributed by atoms with Crippen LogP contribution in [0.4, 0.5) is 0 Å². The maximum atomic E-state index is 13.0. The van der Waals surface area contributed by atoms with Crippen LogP contribution in [0.2, 0.25) is 0 Å². The lowest BCUT2D eigenvalue weighted by atomic mass is 9.93. The number of carbonyl (C=O) groups is 2. The molecule has 33 heavy (non-hydrogen) atoms. The highest BCUT2D eigenvalue weighted by Crippen LogP contribution is 2.26. The van der Waals surface area contributed by atoms with Gasteiger partial charge in [0, 0.05) is 18.5 Å². The number of rotatable bonds is 5. The van der Waals surface area contributed by atoms with Crippen LogP contribution >= 0.6 is 0 Å². The molecule has 8 nitrogen and oxygen atoms in total. The van der Waals surface area contributed by atoms with E-state index >= 15 is 0 Å². The molecule has 3 heterocycles. The van der Waals surface area contributed by atoms with E-state index in [9.17, 15) is 9.59 Å². The number of ether oxygens (including phenoxy) is 1. The molecule has 4 aromatic rings. The number of aryl methyl sites for hydroxylation is 1. The molecule has 0 radical (unpaired) electrons. The average Bonchev–Trinajstić information content (AvgIpc) is 3.54. The number of aromatic nitrogens is 2. The van der Waals surface area contributed by atoms with Crippen molar-refractivity contribution in [3.8, 4) is 11.4 Å². The minimum Gasteiger partial charge on any atom is -0.459 e. The summed E-state index contributed by atoms with van der Waals surface area (Å²) in [6, 6.07) is 17.9. The number of hydrogen-bond acceptors (Lipinski definition) is 7. The van der Waals surface area contributed by atoms with E-state index in [-0.39, 0.29) is 30.7 Å². The van der Waals surface area contributed by atoms with Crippen LogP contribution in [0, 0.1) is 6.92 Å². The van der Waals surface area contributed by atoms with Crippen molar-refractivity contribution in [1.29, 1.82) is 0 Å². The number of furan rings is 1. The van der Waals surface area contributed by atoms with Crippen LogP contribution in [0.3, 0.4) is 0 Å². The third kappa shape index (κ3) is 4.27. The van der Waals surface area contributed by atoms with Crippen molar-refractivity contribution >= 4 is 11.9 Å². The second-order valence-electron chi connectivity index (χ2n) is 7.88. The van der Waals surface area contributed by atoms with Crippen molar-refractivity contribution in [2.24, 2.45) is 0 Å². The first-order valence-corrected chi connectivity index (χ1v) is 10.6. The first-order valence-electron chi connectivity index (χ1n) is 10.6. The van der Waals surface area contributed by atoms with Crippen molar-refractivity contribution in [1.82, 2.24) is 15.0 Å². The molecule has 0 aliphatic carbocycles. The van der Waals surface area contributed by atoms with Crippen molar-refractivity contribution < 1.29 is 23.3 Å². The summed E-state index contributed by atoms with van der Waals surface area (Å²) >= 11 is 0. The second kappa shape index (κ2) is 8.74. The molecule has 166 valence electrons. The summed E-state index contributed by atoms with van der Waals surface area (Å²) in [6.45, 7) is 2.10. The van der Waals surface area contributed by atoms with Gasteiger partial charge < -0.3 is 18.6 Å². The van der Waals surface area contributed by atoms with Crippen LogP contribution in [0.5, 0.6) is 0 Å². The summed E-state index contributed by atoms with van der Waals surface area (Å²) in [5.41, 5.74) is 3.92. The topological polar surface area (TPSA) is 98.7 Å². The molecule has 1 amide bonds. The molecule has 2 aromatic carbocycles. The molecule has 0 saturated carbocycles. The second-order valence-corrected chi connectivity index (χ2v) is 7.88. The van der Waals surface area contributed by atoms with E-state index in [0.29, 0.717) is 12.2 Å². The van der Waals surface area contributed by atoms with Crippen molar-refractivity contribution in [2.75, 3.05) is 0 Å². The van der Waals surface area contributed by atoms with Crippen LogP contribution in [0.15, 0.2) is 75.9 Å². The number of carbonyl (C=O) groups excluding carboxylic acids is 2. The Morgan fingerprint density at radius 2 is 1.85 bits per heavy atom. The van der Waals surface area contributed by atoms with Gasteiger partial charge in [0.2, 0.25) is 5.82 Å². The average molecular weight is 443 g/mol. The summed E-state index contributed by atoms with van der Waals surface area (Å²) in [7, 11) is 0. The summed E-state index contributed by atoms with van der Waals surface area (Å²) in [5, 5.41) is 3.96. The fourth-order valence-electron chi connectivity index (χ4n) is 3.85. The standard InChI is InChI=1S/C25H21N3O5/c1-16-8-10-17(11-9-16)23-26-22(33-27-23)15-32-25(30)20-13-18-5-2-3-6-19(18)14-28(20)24(29)21-7-4-12-31-21/h2-12,20H,13-15H2,1H3. The molecule has 0 N–H and O–H groups in total. The molecule has 1 aliphatic heterocycles.